The van der Waals surface area contributed by atoms with Gasteiger partial charge in [0.25, 0.3) is 5.91 Å². The predicted molar refractivity (Wildman–Crippen MR) is 165 cm³/mol. The summed E-state index contributed by atoms with van der Waals surface area (Å²) in [5.41, 5.74) is -4.28. The van der Waals surface area contributed by atoms with E-state index in [2.05, 4.69) is 16.7 Å². The van der Waals surface area contributed by atoms with E-state index >= 15 is 0 Å². The van der Waals surface area contributed by atoms with Gasteiger partial charge in [0.1, 0.15) is 12.1 Å². The molecule has 3 aromatic rings. The molecule has 0 aliphatic carbocycles. The first-order chi connectivity index (χ1) is 21.9. The molecule has 0 radical (unpaired) electrons. The highest BCUT2D eigenvalue weighted by Crippen LogP contribution is 2.59. The van der Waals surface area contributed by atoms with E-state index in [1.807, 2.05) is 30.3 Å². The highest BCUT2D eigenvalue weighted by Gasteiger charge is 2.51. The van der Waals surface area contributed by atoms with Crippen molar-refractivity contribution in [1.29, 1.82) is 5.26 Å². The molecule has 3 amide bonds. The topological polar surface area (TPSA) is 163 Å². The fourth-order valence-electron chi connectivity index (χ4n) is 6.74. The number of nitrogens with one attached hydrogen (secondary N) is 2. The number of nitrogens with zero attached hydrogens (tertiary/aromatic N) is 3. The molecule has 11 nitrogen and oxygen atoms in total. The van der Waals surface area contributed by atoms with Crippen LogP contribution in [0.1, 0.15) is 46.0 Å². The Balaban J connectivity index is 1.19. The van der Waals surface area contributed by atoms with Crippen molar-refractivity contribution >= 4 is 46.7 Å². The molecule has 1 unspecified atom stereocenters. The van der Waals surface area contributed by atoms with E-state index in [4.69, 9.17) is 9.79 Å². The molecule has 3 saturated heterocycles. The third-order valence-corrected chi connectivity index (χ3v) is 11.2. The van der Waals surface area contributed by atoms with E-state index in [0.717, 1.165) is 29.0 Å². The second kappa shape index (κ2) is 12.5. The molecule has 3 aliphatic heterocycles. The van der Waals surface area contributed by atoms with Gasteiger partial charge >= 0.3 is 13.3 Å². The van der Waals surface area contributed by atoms with Crippen LogP contribution in [0.3, 0.4) is 0 Å². The van der Waals surface area contributed by atoms with E-state index in [0.29, 0.717) is 37.1 Å². The summed E-state index contributed by atoms with van der Waals surface area (Å²) in [6.45, 7) is 1.33. The van der Waals surface area contributed by atoms with E-state index in [1.54, 1.807) is 9.80 Å². The van der Waals surface area contributed by atoms with Crippen molar-refractivity contribution in [3.63, 3.8) is 0 Å². The van der Waals surface area contributed by atoms with E-state index < -0.39 is 42.7 Å². The number of hydrogen-bond donors (Lipinski definition) is 4. The van der Waals surface area contributed by atoms with Crippen molar-refractivity contribution in [2.24, 2.45) is 5.92 Å². The number of carbonyl (C=O) groups excluding carboxylic acids is 3. The van der Waals surface area contributed by atoms with E-state index in [1.165, 1.54) is 12.1 Å². The summed E-state index contributed by atoms with van der Waals surface area (Å²) < 4.78 is 40.3. The number of halogens is 2. The third-order valence-electron chi connectivity index (χ3n) is 9.13. The molecule has 3 fully saturated rings. The minimum atomic E-state index is -5.77. The Bertz CT molecular complexity index is 1760. The zero-order valence-electron chi connectivity index (χ0n) is 24.5. The monoisotopic (exact) mass is 671 g/mol. The SMILES string of the molecule is N#C[C@@H]1CN(C(=O)[C@@H]2CC[C@@H]3CCNC[C@H](NC(=O)c4cc5cc(C(F)(F)P(=O)(O)O)ccc5s4)C(=O)N32)CC1c1ccccc1. The van der Waals surface area contributed by atoms with Crippen molar-refractivity contribution in [2.75, 3.05) is 26.2 Å². The number of benzene rings is 2. The lowest BCUT2D eigenvalue weighted by atomic mass is 9.90. The lowest BCUT2D eigenvalue weighted by molar-refractivity contribution is -0.146. The zero-order valence-corrected chi connectivity index (χ0v) is 26.2. The standard InChI is InChI=1S/C31H32F2N5O6PS/c32-31(33,45(42,43)44)21-6-9-26-19(12-21)13-27(46-26)28(39)36-24-15-35-11-10-22-7-8-25(38(22)29(24)40)30(41)37-16-20(14-34)23(17-37)18-4-2-1-3-5-18/h1-6,9,12-13,20,22-25,35H,7-8,10-11,15-17H2,(H,36,39)(H2,42,43,44)/t20-,22-,23?,24+,25+/m1/s1. The average molecular weight is 672 g/mol. The number of nitriles is 1. The quantitative estimate of drug-likeness (QED) is 0.290. The molecule has 0 saturated carbocycles. The lowest BCUT2D eigenvalue weighted by Crippen LogP contribution is -2.60. The molecule has 4 N–H and O–H groups in total. The molecule has 0 bridgehead atoms. The van der Waals surface area contributed by atoms with Gasteiger partial charge in [-0.05, 0) is 55.0 Å². The highest BCUT2D eigenvalue weighted by molar-refractivity contribution is 7.52. The number of likely N-dealkylation sites (tertiary alicyclic amines) is 1. The van der Waals surface area contributed by atoms with Gasteiger partial charge in [0.2, 0.25) is 11.8 Å². The minimum absolute atomic E-state index is 0.120. The van der Waals surface area contributed by atoms with Gasteiger partial charge in [-0.25, -0.2) is 0 Å². The summed E-state index contributed by atoms with van der Waals surface area (Å²) in [7, 11) is -5.77. The fraction of sp³-hybridized carbons (Fsp3) is 0.419. The first kappa shape index (κ1) is 32.2. The van der Waals surface area contributed by atoms with Gasteiger partial charge in [0, 0.05) is 41.9 Å². The smallest absolute Gasteiger partial charge is 0.339 e. The van der Waals surface area contributed by atoms with Gasteiger partial charge in [-0.2, -0.15) is 14.0 Å². The summed E-state index contributed by atoms with van der Waals surface area (Å²) in [5, 5.41) is 16.0. The highest BCUT2D eigenvalue weighted by atomic mass is 32.1. The van der Waals surface area contributed by atoms with Crippen LogP contribution < -0.4 is 10.6 Å². The van der Waals surface area contributed by atoms with Crippen LogP contribution >= 0.6 is 18.9 Å². The van der Waals surface area contributed by atoms with E-state index in [-0.39, 0.29) is 47.1 Å². The Morgan fingerprint density at radius 1 is 1.09 bits per heavy atom. The van der Waals surface area contributed by atoms with Crippen LogP contribution in [0.2, 0.25) is 0 Å². The maximum absolute atomic E-state index is 14.3. The molecular weight excluding hydrogens is 639 g/mol. The molecule has 3 aliphatic rings. The van der Waals surface area contributed by atoms with Crippen LogP contribution in [-0.4, -0.2) is 81.6 Å². The zero-order chi connectivity index (χ0) is 32.8. The second-order valence-corrected chi connectivity index (χ2v) is 14.7. The molecule has 4 heterocycles. The van der Waals surface area contributed by atoms with Crippen molar-refractivity contribution in [3.8, 4) is 6.07 Å². The van der Waals surface area contributed by atoms with Gasteiger partial charge in [0.15, 0.2) is 0 Å². The average Bonchev–Trinajstić information content (AvgIpc) is 3.77. The Labute approximate surface area is 267 Å². The molecule has 2 aromatic carbocycles. The predicted octanol–water partition coefficient (Wildman–Crippen LogP) is 3.35. The molecule has 0 spiro atoms. The number of rotatable bonds is 6. The molecular formula is C31H32F2N5O6PS. The lowest BCUT2D eigenvalue weighted by Gasteiger charge is -2.36. The fourth-order valence-corrected chi connectivity index (χ4v) is 8.16. The summed E-state index contributed by atoms with van der Waals surface area (Å²) in [6.07, 6.45) is 1.74. The molecule has 46 heavy (non-hydrogen) atoms. The molecule has 242 valence electrons. The second-order valence-electron chi connectivity index (χ2n) is 12.0. The first-order valence-corrected chi connectivity index (χ1v) is 17.4. The van der Waals surface area contributed by atoms with Gasteiger partial charge < -0.3 is 30.2 Å². The Morgan fingerprint density at radius 3 is 2.57 bits per heavy atom. The van der Waals surface area contributed by atoms with Crippen LogP contribution in [0.25, 0.3) is 10.1 Å². The van der Waals surface area contributed by atoms with Crippen LogP contribution in [0.15, 0.2) is 54.6 Å². The van der Waals surface area contributed by atoms with Gasteiger partial charge in [-0.1, -0.05) is 36.4 Å². The number of carbonyl (C=O) groups is 3. The minimum Gasteiger partial charge on any atom is -0.339 e. The maximum atomic E-state index is 14.3. The Kier molecular flexibility index (Phi) is 8.73. The summed E-state index contributed by atoms with van der Waals surface area (Å²) in [5.74, 6) is -1.73. The number of hydrogen-bond acceptors (Lipinski definition) is 7. The van der Waals surface area contributed by atoms with Crippen molar-refractivity contribution in [2.45, 2.75) is 49.0 Å². The van der Waals surface area contributed by atoms with Crippen LogP contribution in [-0.2, 0) is 19.8 Å². The summed E-state index contributed by atoms with van der Waals surface area (Å²) >= 11 is 0.990. The molecule has 6 rings (SSSR count). The van der Waals surface area contributed by atoms with Crippen molar-refractivity contribution in [3.05, 3.63) is 70.6 Å². The van der Waals surface area contributed by atoms with Gasteiger partial charge in [0.05, 0.1) is 16.9 Å². The molecule has 1 aromatic heterocycles. The van der Waals surface area contributed by atoms with Crippen LogP contribution in [0, 0.1) is 17.2 Å². The Morgan fingerprint density at radius 2 is 1.85 bits per heavy atom. The van der Waals surface area contributed by atoms with E-state index in [9.17, 15) is 33.0 Å². The van der Waals surface area contributed by atoms with Gasteiger partial charge in [-0.3, -0.25) is 18.9 Å². The normalized spacial score (nSPS) is 25.5. The summed E-state index contributed by atoms with van der Waals surface area (Å²) in [4.78, 5) is 62.9. The van der Waals surface area contributed by atoms with Crippen molar-refractivity contribution < 1.29 is 37.5 Å². The number of amides is 3. The number of fused-ring (bicyclic) bond motifs is 2. The largest absolute Gasteiger partial charge is 0.399 e. The number of alkyl halides is 2. The van der Waals surface area contributed by atoms with Crippen LogP contribution in [0.4, 0.5) is 8.78 Å². The number of thiophene rings is 1. The Hall–Kier alpha value is -3.73. The maximum Gasteiger partial charge on any atom is 0.399 e. The van der Waals surface area contributed by atoms with Crippen molar-refractivity contribution in [1.82, 2.24) is 20.4 Å². The van der Waals surface area contributed by atoms with Gasteiger partial charge in [-0.15, -0.1) is 11.3 Å². The molecule has 15 heteroatoms. The molecule has 5 atom stereocenters. The van der Waals surface area contributed by atoms with Crippen LogP contribution in [0.5, 0.6) is 0 Å². The first-order valence-electron chi connectivity index (χ1n) is 14.9. The summed E-state index contributed by atoms with van der Waals surface area (Å²) in [6, 6.07) is 14.5. The third kappa shape index (κ3) is 5.94.